The third-order valence-corrected chi connectivity index (χ3v) is 2.81. The fraction of sp³-hybridized carbons (Fsp3) is 0.231. The average molecular weight is 261 g/mol. The topological polar surface area (TPSA) is 60.2 Å². The van der Waals surface area contributed by atoms with Crippen molar-refractivity contribution in [2.45, 2.75) is 0 Å². The quantitative estimate of drug-likeness (QED) is 0.636. The molecule has 0 unspecified atom stereocenters. The Balaban J connectivity index is 2.41. The Bertz CT molecular complexity index is 571. The highest BCUT2D eigenvalue weighted by atomic mass is 32.1. The van der Waals surface area contributed by atoms with Crippen LogP contribution in [-0.2, 0) is 4.74 Å². The summed E-state index contributed by atoms with van der Waals surface area (Å²) in [5.41, 5.74) is 7.41. The van der Waals surface area contributed by atoms with Gasteiger partial charge in [0, 0.05) is 19.0 Å². The second kappa shape index (κ2) is 5.75. The van der Waals surface area contributed by atoms with E-state index >= 15 is 0 Å². The highest BCUT2D eigenvalue weighted by Gasteiger charge is 2.08. The maximum absolute atomic E-state index is 5.73. The van der Waals surface area contributed by atoms with Gasteiger partial charge in [0.15, 0.2) is 0 Å². The van der Waals surface area contributed by atoms with Crippen LogP contribution in [-0.4, -0.2) is 30.2 Å². The first-order valence-corrected chi connectivity index (χ1v) is 6.05. The smallest absolute Gasteiger partial charge is 0.137 e. The number of methoxy groups -OCH3 is 1. The molecule has 0 atom stereocenters. The van der Waals surface area contributed by atoms with E-state index in [1.54, 1.807) is 7.11 Å². The SMILES string of the molecule is COCCNc1nc2ccccc2cc1C(N)=S. The van der Waals surface area contributed by atoms with Crippen molar-refractivity contribution >= 4 is 33.9 Å². The molecule has 0 radical (unpaired) electrons. The fourth-order valence-corrected chi connectivity index (χ4v) is 1.87. The van der Waals surface area contributed by atoms with Gasteiger partial charge in [-0.25, -0.2) is 4.98 Å². The maximum atomic E-state index is 5.73. The van der Waals surface area contributed by atoms with Gasteiger partial charge in [-0.1, -0.05) is 30.4 Å². The molecule has 2 rings (SSSR count). The molecule has 0 fully saturated rings. The molecule has 0 saturated heterocycles. The normalized spacial score (nSPS) is 10.5. The molecule has 0 spiro atoms. The lowest BCUT2D eigenvalue weighted by atomic mass is 10.1. The van der Waals surface area contributed by atoms with E-state index in [0.717, 1.165) is 16.5 Å². The predicted molar refractivity (Wildman–Crippen MR) is 78.0 cm³/mol. The first-order valence-electron chi connectivity index (χ1n) is 5.65. The van der Waals surface area contributed by atoms with Gasteiger partial charge in [-0.05, 0) is 12.1 Å². The number of hydrogen-bond donors (Lipinski definition) is 2. The molecular weight excluding hydrogens is 246 g/mol. The van der Waals surface area contributed by atoms with Gasteiger partial charge >= 0.3 is 0 Å². The lowest BCUT2D eigenvalue weighted by Crippen LogP contribution is -2.16. The molecule has 1 heterocycles. The van der Waals surface area contributed by atoms with Crippen LogP contribution in [0.5, 0.6) is 0 Å². The molecule has 94 valence electrons. The van der Waals surface area contributed by atoms with Crippen molar-refractivity contribution in [1.82, 2.24) is 4.98 Å². The number of nitrogens with two attached hydrogens (primary N) is 1. The van der Waals surface area contributed by atoms with Gasteiger partial charge in [0.05, 0.1) is 17.7 Å². The number of nitrogens with one attached hydrogen (secondary N) is 1. The van der Waals surface area contributed by atoms with Crippen LogP contribution < -0.4 is 11.1 Å². The predicted octanol–water partition coefficient (Wildman–Crippen LogP) is 1.93. The van der Waals surface area contributed by atoms with Crippen molar-refractivity contribution in [2.24, 2.45) is 5.73 Å². The molecule has 1 aromatic carbocycles. The fourth-order valence-electron chi connectivity index (χ4n) is 1.71. The third kappa shape index (κ3) is 2.75. The number of anilines is 1. The van der Waals surface area contributed by atoms with Crippen molar-refractivity contribution in [3.63, 3.8) is 0 Å². The number of thiocarbonyl (C=S) groups is 1. The van der Waals surface area contributed by atoms with Crippen molar-refractivity contribution in [2.75, 3.05) is 25.6 Å². The Hall–Kier alpha value is -1.72. The molecule has 5 heteroatoms. The Morgan fingerprint density at radius 2 is 2.22 bits per heavy atom. The Kier molecular flexibility index (Phi) is 4.07. The standard InChI is InChI=1S/C13H15N3OS/c1-17-7-6-15-13-10(12(14)18)8-9-4-2-3-5-11(9)16-13/h2-5,8H,6-7H2,1H3,(H2,14,18)(H,15,16). The lowest BCUT2D eigenvalue weighted by Gasteiger charge is -2.11. The number of nitrogens with zero attached hydrogens (tertiary/aromatic N) is 1. The van der Waals surface area contributed by atoms with E-state index in [1.165, 1.54) is 0 Å². The average Bonchev–Trinajstić information content (AvgIpc) is 2.38. The minimum atomic E-state index is 0.341. The van der Waals surface area contributed by atoms with Crippen LogP contribution in [0.15, 0.2) is 30.3 Å². The number of para-hydroxylation sites is 1. The molecule has 0 saturated carbocycles. The largest absolute Gasteiger partial charge is 0.389 e. The highest BCUT2D eigenvalue weighted by Crippen LogP contribution is 2.20. The van der Waals surface area contributed by atoms with E-state index in [4.69, 9.17) is 22.7 Å². The second-order valence-corrected chi connectivity index (χ2v) is 4.30. The second-order valence-electron chi connectivity index (χ2n) is 3.86. The van der Waals surface area contributed by atoms with E-state index in [2.05, 4.69) is 10.3 Å². The molecule has 4 nitrogen and oxygen atoms in total. The Labute approximate surface area is 111 Å². The number of benzene rings is 1. The van der Waals surface area contributed by atoms with Crippen LogP contribution in [0, 0.1) is 0 Å². The first kappa shape index (κ1) is 12.7. The Morgan fingerprint density at radius 1 is 1.44 bits per heavy atom. The summed E-state index contributed by atoms with van der Waals surface area (Å²) < 4.78 is 5.00. The van der Waals surface area contributed by atoms with E-state index in [1.807, 2.05) is 30.3 Å². The summed E-state index contributed by atoms with van der Waals surface area (Å²) in [7, 11) is 1.66. The monoisotopic (exact) mass is 261 g/mol. The number of aromatic nitrogens is 1. The number of ether oxygens (including phenoxy) is 1. The number of rotatable bonds is 5. The third-order valence-electron chi connectivity index (χ3n) is 2.59. The first-order chi connectivity index (χ1) is 8.72. The Morgan fingerprint density at radius 3 is 2.94 bits per heavy atom. The van der Waals surface area contributed by atoms with Gasteiger partial charge < -0.3 is 15.8 Å². The molecule has 3 N–H and O–H groups in total. The van der Waals surface area contributed by atoms with Gasteiger partial charge in [-0.2, -0.15) is 0 Å². The summed E-state index contributed by atoms with van der Waals surface area (Å²) >= 11 is 5.06. The summed E-state index contributed by atoms with van der Waals surface area (Å²) in [6.07, 6.45) is 0. The van der Waals surface area contributed by atoms with Crippen LogP contribution in [0.1, 0.15) is 5.56 Å². The minimum Gasteiger partial charge on any atom is -0.389 e. The molecule has 0 aliphatic carbocycles. The van der Waals surface area contributed by atoms with Crippen molar-refractivity contribution < 1.29 is 4.74 Å². The molecule has 0 aliphatic rings. The molecule has 2 aromatic rings. The molecule has 0 amide bonds. The number of fused-ring (bicyclic) bond motifs is 1. The van der Waals surface area contributed by atoms with Crippen LogP contribution in [0.3, 0.4) is 0 Å². The van der Waals surface area contributed by atoms with Gasteiger partial charge in [0.2, 0.25) is 0 Å². The van der Waals surface area contributed by atoms with Crippen LogP contribution in [0.2, 0.25) is 0 Å². The van der Waals surface area contributed by atoms with Crippen molar-refractivity contribution in [3.8, 4) is 0 Å². The van der Waals surface area contributed by atoms with E-state index < -0.39 is 0 Å². The van der Waals surface area contributed by atoms with E-state index in [0.29, 0.717) is 24.0 Å². The van der Waals surface area contributed by atoms with Gasteiger partial charge in [0.25, 0.3) is 0 Å². The van der Waals surface area contributed by atoms with Crippen molar-refractivity contribution in [3.05, 3.63) is 35.9 Å². The number of hydrogen-bond acceptors (Lipinski definition) is 4. The van der Waals surface area contributed by atoms with E-state index in [9.17, 15) is 0 Å². The van der Waals surface area contributed by atoms with Crippen LogP contribution in [0.4, 0.5) is 5.82 Å². The zero-order valence-electron chi connectivity index (χ0n) is 10.1. The summed E-state index contributed by atoms with van der Waals surface area (Å²) in [5, 5.41) is 4.21. The lowest BCUT2D eigenvalue weighted by molar-refractivity contribution is 0.210. The number of pyridine rings is 1. The molecule has 18 heavy (non-hydrogen) atoms. The molecular formula is C13H15N3OS. The van der Waals surface area contributed by atoms with Gasteiger partial charge in [-0.3, -0.25) is 0 Å². The van der Waals surface area contributed by atoms with Gasteiger partial charge in [-0.15, -0.1) is 0 Å². The van der Waals surface area contributed by atoms with Crippen molar-refractivity contribution in [1.29, 1.82) is 0 Å². The van der Waals surface area contributed by atoms with Gasteiger partial charge in [0.1, 0.15) is 10.8 Å². The minimum absolute atomic E-state index is 0.341. The molecule has 1 aromatic heterocycles. The summed E-state index contributed by atoms with van der Waals surface area (Å²) in [4.78, 5) is 4.87. The van der Waals surface area contributed by atoms with Crippen LogP contribution >= 0.6 is 12.2 Å². The molecule has 0 bridgehead atoms. The molecule has 0 aliphatic heterocycles. The van der Waals surface area contributed by atoms with Crippen LogP contribution in [0.25, 0.3) is 10.9 Å². The maximum Gasteiger partial charge on any atom is 0.137 e. The van der Waals surface area contributed by atoms with E-state index in [-0.39, 0.29) is 0 Å². The highest BCUT2D eigenvalue weighted by molar-refractivity contribution is 7.80. The zero-order valence-corrected chi connectivity index (χ0v) is 11.0. The summed E-state index contributed by atoms with van der Waals surface area (Å²) in [5.74, 6) is 0.707. The zero-order chi connectivity index (χ0) is 13.0. The summed E-state index contributed by atoms with van der Waals surface area (Å²) in [6, 6.07) is 9.82. The summed E-state index contributed by atoms with van der Waals surface area (Å²) in [6.45, 7) is 1.27.